The normalized spacial score (nSPS) is 16.9. The maximum absolute atomic E-state index is 14.0. The minimum absolute atomic E-state index is 0.0141. The molecule has 2 aromatic heterocycles. The first-order valence-electron chi connectivity index (χ1n) is 13.2. The smallest absolute Gasteiger partial charge is 0.267 e. The summed E-state index contributed by atoms with van der Waals surface area (Å²) in [6.07, 6.45) is 5.89. The Morgan fingerprint density at radius 2 is 1.95 bits per heavy atom. The number of hydrogen-bond donors (Lipinski definition) is 0. The van der Waals surface area contributed by atoms with Crippen LogP contribution in [0, 0.1) is 0 Å². The van der Waals surface area contributed by atoms with Gasteiger partial charge in [-0.25, -0.2) is 4.98 Å². The van der Waals surface area contributed by atoms with E-state index in [0.29, 0.717) is 16.6 Å². The van der Waals surface area contributed by atoms with Crippen molar-refractivity contribution in [2.24, 2.45) is 0 Å². The zero-order chi connectivity index (χ0) is 27.3. The van der Waals surface area contributed by atoms with Crippen LogP contribution in [0.1, 0.15) is 42.7 Å². The number of methoxy groups -OCH3 is 1. The molecule has 1 aliphatic heterocycles. The number of carbonyl (C=O) groups is 1. The first-order valence-corrected chi connectivity index (χ1v) is 15.0. The first-order chi connectivity index (χ1) is 18.8. The van der Waals surface area contributed by atoms with E-state index in [1.165, 1.54) is 22.2 Å². The molecule has 0 saturated heterocycles. The summed E-state index contributed by atoms with van der Waals surface area (Å²) in [5.41, 5.74) is 4.78. The van der Waals surface area contributed by atoms with Crippen LogP contribution in [-0.4, -0.2) is 35.2 Å². The second-order valence-corrected chi connectivity index (χ2v) is 12.6. The highest BCUT2D eigenvalue weighted by atomic mass is 32.2. The molecule has 0 atom stereocenters. The highest BCUT2D eigenvalue weighted by Crippen LogP contribution is 2.46. The van der Waals surface area contributed by atoms with E-state index >= 15 is 0 Å². The molecular formula is C31H31N3O3S2. The zero-order valence-corrected chi connectivity index (χ0v) is 24.2. The van der Waals surface area contributed by atoms with Gasteiger partial charge in [0.25, 0.3) is 5.56 Å². The van der Waals surface area contributed by atoms with Crippen molar-refractivity contribution in [3.05, 3.63) is 86.7 Å². The van der Waals surface area contributed by atoms with Gasteiger partial charge in [-0.05, 0) is 55.0 Å². The van der Waals surface area contributed by atoms with Gasteiger partial charge in [0.2, 0.25) is 0 Å². The molecule has 8 heteroatoms. The molecule has 0 bridgehead atoms. The van der Waals surface area contributed by atoms with Gasteiger partial charge in [-0.3, -0.25) is 14.2 Å². The largest absolute Gasteiger partial charge is 0.497 e. The second-order valence-electron chi connectivity index (χ2n) is 10.6. The molecule has 39 heavy (non-hydrogen) atoms. The summed E-state index contributed by atoms with van der Waals surface area (Å²) in [5, 5.41) is 1.25. The number of thiophene rings is 1. The first kappa shape index (κ1) is 25.9. The molecular weight excluding hydrogens is 526 g/mol. The molecule has 6 nitrogen and oxygen atoms in total. The Hall–Kier alpha value is -3.36. The number of nitrogens with zero attached hydrogens (tertiary/aromatic N) is 3. The van der Waals surface area contributed by atoms with Gasteiger partial charge in [-0.2, -0.15) is 0 Å². The molecule has 6 rings (SSSR count). The van der Waals surface area contributed by atoms with Gasteiger partial charge >= 0.3 is 0 Å². The Morgan fingerprint density at radius 3 is 2.74 bits per heavy atom. The van der Waals surface area contributed by atoms with Crippen molar-refractivity contribution in [2.75, 3.05) is 24.8 Å². The number of aryl methyl sites for hydroxylation is 2. The fourth-order valence-corrected chi connectivity index (χ4v) is 7.99. The lowest BCUT2D eigenvalue weighted by Gasteiger charge is -2.24. The zero-order valence-electron chi connectivity index (χ0n) is 22.6. The summed E-state index contributed by atoms with van der Waals surface area (Å²) in [4.78, 5) is 36.5. The van der Waals surface area contributed by atoms with Crippen LogP contribution < -0.4 is 15.2 Å². The number of carbonyl (C=O) groups excluding carboxylic acids is 1. The molecule has 2 aliphatic rings. The van der Waals surface area contributed by atoms with Crippen LogP contribution in [-0.2, 0) is 23.1 Å². The summed E-state index contributed by atoms with van der Waals surface area (Å²) in [6, 6.07) is 15.7. The maximum atomic E-state index is 14.0. The fourth-order valence-electron chi connectivity index (χ4n) is 5.85. The number of hydrogen-bond acceptors (Lipinski definition) is 7. The lowest BCUT2D eigenvalue weighted by molar-refractivity contribution is -0.112. The van der Waals surface area contributed by atoms with Gasteiger partial charge < -0.3 is 9.64 Å². The lowest BCUT2D eigenvalue weighted by atomic mass is 9.83. The van der Waals surface area contributed by atoms with Crippen molar-refractivity contribution in [3.63, 3.8) is 0 Å². The molecule has 0 radical (unpaired) electrons. The number of likely N-dealkylation sites (N-methyl/N-ethyl adjacent to an activating group) is 1. The maximum Gasteiger partial charge on any atom is 0.267 e. The number of aromatic nitrogens is 2. The van der Waals surface area contributed by atoms with Crippen molar-refractivity contribution >= 4 is 44.8 Å². The highest BCUT2D eigenvalue weighted by molar-refractivity contribution is 7.99. The standard InChI is InChI=1S/C31H31N3O3S2/c1-31(2)23-13-6-7-14-24(23)33(3)26(31)17-20(35)18-38-30-32-28-27(22-12-5-8-15-25(22)39-28)29(36)34(30)19-10-9-11-21(16-19)37-4/h6-7,9-11,13-14,16-17H,5,8,12,15,18H2,1-4H3/b26-17+. The summed E-state index contributed by atoms with van der Waals surface area (Å²) in [6.45, 7) is 4.30. The number of ether oxygens (including phenoxy) is 1. The van der Waals surface area contributed by atoms with E-state index in [-0.39, 0.29) is 22.5 Å². The summed E-state index contributed by atoms with van der Waals surface area (Å²) in [7, 11) is 3.62. The number of ketones is 1. The number of rotatable bonds is 6. The van der Waals surface area contributed by atoms with Crippen LogP contribution in [0.15, 0.2) is 70.3 Å². The second kappa shape index (κ2) is 9.99. The lowest BCUT2D eigenvalue weighted by Crippen LogP contribution is -2.24. The third-order valence-corrected chi connectivity index (χ3v) is 10.00. The molecule has 2 aromatic carbocycles. The number of thioether (sulfide) groups is 1. The average molecular weight is 558 g/mol. The topological polar surface area (TPSA) is 64.4 Å². The Kier molecular flexibility index (Phi) is 6.63. The van der Waals surface area contributed by atoms with Crippen LogP contribution in [0.5, 0.6) is 5.75 Å². The SMILES string of the molecule is COc1cccc(-n2c(SCC(=O)/C=C3/N(C)c4ccccc4C3(C)C)nc3sc4c(c3c2=O)CCCC4)c1. The van der Waals surface area contributed by atoms with Gasteiger partial charge in [-0.15, -0.1) is 11.3 Å². The van der Waals surface area contributed by atoms with E-state index in [0.717, 1.165) is 52.8 Å². The van der Waals surface area contributed by atoms with Gasteiger partial charge in [-0.1, -0.05) is 49.9 Å². The molecule has 0 N–H and O–H groups in total. The number of allylic oxidation sites excluding steroid dienone is 2. The van der Waals surface area contributed by atoms with Crippen LogP contribution in [0.25, 0.3) is 15.9 Å². The van der Waals surface area contributed by atoms with E-state index < -0.39 is 0 Å². The van der Waals surface area contributed by atoms with Gasteiger partial charge in [0.05, 0.1) is 23.9 Å². The van der Waals surface area contributed by atoms with Crippen molar-refractivity contribution < 1.29 is 9.53 Å². The quantitative estimate of drug-likeness (QED) is 0.157. The van der Waals surface area contributed by atoms with Gasteiger partial charge in [0.1, 0.15) is 10.6 Å². The molecule has 4 aromatic rings. The molecule has 200 valence electrons. The number of fused-ring (bicyclic) bond motifs is 4. The molecule has 0 amide bonds. The predicted molar refractivity (Wildman–Crippen MR) is 160 cm³/mol. The van der Waals surface area contributed by atoms with Gasteiger partial charge in [0.15, 0.2) is 10.9 Å². The third kappa shape index (κ3) is 4.39. The minimum Gasteiger partial charge on any atom is -0.497 e. The summed E-state index contributed by atoms with van der Waals surface area (Å²) < 4.78 is 7.09. The number of para-hydroxylation sites is 1. The predicted octanol–water partition coefficient (Wildman–Crippen LogP) is 6.31. The summed E-state index contributed by atoms with van der Waals surface area (Å²) >= 11 is 2.94. The minimum atomic E-state index is -0.276. The van der Waals surface area contributed by atoms with E-state index in [1.54, 1.807) is 29.1 Å². The highest BCUT2D eigenvalue weighted by Gasteiger charge is 2.38. The number of anilines is 1. The fraction of sp³-hybridized carbons (Fsp3) is 0.323. The van der Waals surface area contributed by atoms with Crippen LogP contribution in [0.2, 0.25) is 0 Å². The van der Waals surface area contributed by atoms with Crippen molar-refractivity contribution in [1.29, 1.82) is 0 Å². The van der Waals surface area contributed by atoms with Gasteiger partial charge in [0, 0.05) is 40.9 Å². The average Bonchev–Trinajstić information content (AvgIpc) is 3.41. The Labute approximate surface area is 236 Å². The molecule has 3 heterocycles. The van der Waals surface area contributed by atoms with Crippen molar-refractivity contribution in [3.8, 4) is 11.4 Å². The molecule has 0 saturated carbocycles. The number of benzene rings is 2. The van der Waals surface area contributed by atoms with Crippen molar-refractivity contribution in [2.45, 2.75) is 50.1 Å². The van der Waals surface area contributed by atoms with Crippen LogP contribution in [0.3, 0.4) is 0 Å². The summed E-state index contributed by atoms with van der Waals surface area (Å²) in [5.74, 6) is 0.825. The molecule has 1 aliphatic carbocycles. The van der Waals surface area contributed by atoms with E-state index in [9.17, 15) is 9.59 Å². The Bertz CT molecular complexity index is 1700. The van der Waals surface area contributed by atoms with Crippen LogP contribution >= 0.6 is 23.1 Å². The van der Waals surface area contributed by atoms with E-state index in [4.69, 9.17) is 9.72 Å². The monoisotopic (exact) mass is 557 g/mol. The Morgan fingerprint density at radius 1 is 1.15 bits per heavy atom. The molecule has 0 fully saturated rings. The van der Waals surface area contributed by atoms with Crippen LogP contribution in [0.4, 0.5) is 5.69 Å². The van der Waals surface area contributed by atoms with Crippen molar-refractivity contribution in [1.82, 2.24) is 9.55 Å². The molecule has 0 spiro atoms. The third-order valence-electron chi connectivity index (χ3n) is 7.85. The Balaban J connectivity index is 1.38. The molecule has 0 unspecified atom stereocenters. The van der Waals surface area contributed by atoms with E-state index in [2.05, 4.69) is 30.9 Å². The van der Waals surface area contributed by atoms with E-state index in [1.807, 2.05) is 43.4 Å².